The van der Waals surface area contributed by atoms with Crippen molar-refractivity contribution in [3.8, 4) is 11.5 Å². The maximum Gasteiger partial charge on any atom is 0.157 e. The lowest BCUT2D eigenvalue weighted by molar-refractivity contribution is 0.144. The van der Waals surface area contributed by atoms with Crippen molar-refractivity contribution in [3.05, 3.63) is 23.8 Å². The van der Waals surface area contributed by atoms with Gasteiger partial charge < -0.3 is 21.1 Å². The summed E-state index contributed by atoms with van der Waals surface area (Å²) in [5.41, 5.74) is 6.15. The van der Waals surface area contributed by atoms with Crippen LogP contribution >= 0.6 is 0 Å². The summed E-state index contributed by atoms with van der Waals surface area (Å²) in [6.07, 6.45) is -0.172. The first-order chi connectivity index (χ1) is 6.56. The van der Waals surface area contributed by atoms with E-state index in [9.17, 15) is 10.2 Å². The lowest BCUT2D eigenvalue weighted by Crippen LogP contribution is -2.27. The molecule has 0 aliphatic carbocycles. The lowest BCUT2D eigenvalue weighted by Gasteiger charge is -2.17. The van der Waals surface area contributed by atoms with Gasteiger partial charge in [-0.3, -0.25) is 0 Å². The fourth-order valence-electron chi connectivity index (χ4n) is 1.19. The summed E-state index contributed by atoms with van der Waals surface area (Å²) in [5, 5.41) is 27.9. The van der Waals surface area contributed by atoms with Crippen LogP contribution in [0.15, 0.2) is 18.2 Å². The van der Waals surface area contributed by atoms with Crippen molar-refractivity contribution in [1.82, 2.24) is 0 Å². The molecule has 1 unspecified atom stereocenters. The molecule has 0 fully saturated rings. The standard InChI is InChI=1S/C10H15NO3/c1-2-7(11)10(14)6-3-4-8(12)9(13)5-6/h3-5,7,10,12-14H,2,11H2,1H3/t7?,10-/m1/s1. The van der Waals surface area contributed by atoms with Crippen molar-refractivity contribution in [2.75, 3.05) is 0 Å². The Bertz CT molecular complexity index is 314. The van der Waals surface area contributed by atoms with E-state index in [4.69, 9.17) is 10.8 Å². The van der Waals surface area contributed by atoms with Gasteiger partial charge in [0.25, 0.3) is 0 Å². The molecule has 1 rings (SSSR count). The number of aliphatic hydroxyl groups excluding tert-OH is 1. The van der Waals surface area contributed by atoms with Crippen LogP contribution in [0.25, 0.3) is 0 Å². The third-order valence-electron chi connectivity index (χ3n) is 2.22. The fourth-order valence-corrected chi connectivity index (χ4v) is 1.19. The van der Waals surface area contributed by atoms with Crippen LogP contribution in [0, 0.1) is 0 Å². The molecule has 1 aromatic carbocycles. The van der Waals surface area contributed by atoms with Gasteiger partial charge in [-0.2, -0.15) is 0 Å². The van der Waals surface area contributed by atoms with Gasteiger partial charge >= 0.3 is 0 Å². The van der Waals surface area contributed by atoms with Gasteiger partial charge in [-0.05, 0) is 24.1 Å². The molecular weight excluding hydrogens is 182 g/mol. The molecule has 0 amide bonds. The Labute approximate surface area is 82.6 Å². The van der Waals surface area contributed by atoms with E-state index in [0.717, 1.165) is 0 Å². The number of phenolic OH excluding ortho intramolecular Hbond substituents is 2. The number of benzene rings is 1. The SMILES string of the molecule is CCC(N)[C@H](O)c1ccc(O)c(O)c1. The maximum atomic E-state index is 9.69. The molecule has 0 aliphatic rings. The zero-order valence-electron chi connectivity index (χ0n) is 8.01. The summed E-state index contributed by atoms with van der Waals surface area (Å²) in [7, 11) is 0. The first-order valence-electron chi connectivity index (χ1n) is 4.51. The van der Waals surface area contributed by atoms with Crippen LogP contribution in [0.5, 0.6) is 11.5 Å². The predicted molar refractivity (Wildman–Crippen MR) is 53.0 cm³/mol. The van der Waals surface area contributed by atoms with E-state index < -0.39 is 6.10 Å². The number of nitrogens with two attached hydrogens (primary N) is 1. The molecule has 14 heavy (non-hydrogen) atoms. The molecule has 0 spiro atoms. The minimum Gasteiger partial charge on any atom is -0.504 e. The molecule has 0 heterocycles. The largest absolute Gasteiger partial charge is 0.504 e. The highest BCUT2D eigenvalue weighted by molar-refractivity contribution is 5.41. The summed E-state index contributed by atoms with van der Waals surface area (Å²) in [6.45, 7) is 1.87. The van der Waals surface area contributed by atoms with Crippen molar-refractivity contribution >= 4 is 0 Å². The third kappa shape index (κ3) is 2.16. The molecular formula is C10H15NO3. The first kappa shape index (κ1) is 10.8. The highest BCUT2D eigenvalue weighted by Gasteiger charge is 2.16. The third-order valence-corrected chi connectivity index (χ3v) is 2.22. The van der Waals surface area contributed by atoms with Crippen LogP contribution in [-0.4, -0.2) is 21.4 Å². The smallest absolute Gasteiger partial charge is 0.157 e. The fraction of sp³-hybridized carbons (Fsp3) is 0.400. The molecule has 0 aromatic heterocycles. The van der Waals surface area contributed by atoms with Crippen LogP contribution in [0.1, 0.15) is 25.0 Å². The van der Waals surface area contributed by atoms with Gasteiger partial charge in [0.15, 0.2) is 11.5 Å². The Hall–Kier alpha value is -1.26. The topological polar surface area (TPSA) is 86.7 Å². The van der Waals surface area contributed by atoms with Crippen molar-refractivity contribution in [2.24, 2.45) is 5.73 Å². The zero-order chi connectivity index (χ0) is 10.7. The Morgan fingerprint density at radius 3 is 2.43 bits per heavy atom. The van der Waals surface area contributed by atoms with Gasteiger partial charge in [-0.25, -0.2) is 0 Å². The average molecular weight is 197 g/mol. The number of phenols is 2. The van der Waals surface area contributed by atoms with E-state index in [1.54, 1.807) is 0 Å². The van der Waals surface area contributed by atoms with E-state index in [0.29, 0.717) is 12.0 Å². The van der Waals surface area contributed by atoms with E-state index in [-0.39, 0.29) is 17.5 Å². The molecule has 0 saturated heterocycles. The molecule has 0 bridgehead atoms. The van der Waals surface area contributed by atoms with E-state index in [1.807, 2.05) is 6.92 Å². The van der Waals surface area contributed by atoms with Gasteiger partial charge in [0.05, 0.1) is 6.10 Å². The maximum absolute atomic E-state index is 9.69. The lowest BCUT2D eigenvalue weighted by atomic mass is 10.0. The molecule has 0 aliphatic heterocycles. The summed E-state index contributed by atoms with van der Waals surface area (Å²) in [4.78, 5) is 0. The van der Waals surface area contributed by atoms with Crippen LogP contribution in [0.2, 0.25) is 0 Å². The number of hydrogen-bond donors (Lipinski definition) is 4. The number of hydrogen-bond acceptors (Lipinski definition) is 4. The van der Waals surface area contributed by atoms with Gasteiger partial charge in [0, 0.05) is 6.04 Å². The molecule has 4 heteroatoms. The minimum absolute atomic E-state index is 0.203. The second-order valence-corrected chi connectivity index (χ2v) is 3.27. The molecule has 5 N–H and O–H groups in total. The summed E-state index contributed by atoms with van der Waals surface area (Å²) in [6, 6.07) is 3.82. The van der Waals surface area contributed by atoms with Gasteiger partial charge in [0.1, 0.15) is 0 Å². The Morgan fingerprint density at radius 1 is 1.29 bits per heavy atom. The molecule has 78 valence electrons. The van der Waals surface area contributed by atoms with Crippen LogP contribution in [-0.2, 0) is 0 Å². The minimum atomic E-state index is -0.813. The second kappa shape index (κ2) is 4.30. The van der Waals surface area contributed by atoms with E-state index >= 15 is 0 Å². The number of aromatic hydroxyl groups is 2. The summed E-state index contributed by atoms with van der Waals surface area (Å²) < 4.78 is 0. The van der Waals surface area contributed by atoms with E-state index in [1.165, 1.54) is 18.2 Å². The predicted octanol–water partition coefficient (Wildman–Crippen LogP) is 0.868. The summed E-state index contributed by atoms with van der Waals surface area (Å²) >= 11 is 0. The second-order valence-electron chi connectivity index (χ2n) is 3.27. The van der Waals surface area contributed by atoms with Crippen LogP contribution in [0.3, 0.4) is 0 Å². The van der Waals surface area contributed by atoms with Crippen molar-refractivity contribution in [1.29, 1.82) is 0 Å². The number of rotatable bonds is 3. The zero-order valence-corrected chi connectivity index (χ0v) is 8.01. The monoisotopic (exact) mass is 197 g/mol. The van der Waals surface area contributed by atoms with Gasteiger partial charge in [-0.15, -0.1) is 0 Å². The Balaban J connectivity index is 2.91. The average Bonchev–Trinajstić information content (AvgIpc) is 2.20. The van der Waals surface area contributed by atoms with Crippen LogP contribution < -0.4 is 5.73 Å². The summed E-state index contributed by atoms with van der Waals surface area (Å²) in [5.74, 6) is -0.448. The number of aliphatic hydroxyl groups is 1. The first-order valence-corrected chi connectivity index (χ1v) is 4.51. The molecule has 0 saturated carbocycles. The molecule has 0 radical (unpaired) electrons. The molecule has 4 nitrogen and oxygen atoms in total. The quantitative estimate of drug-likeness (QED) is 0.541. The Kier molecular flexibility index (Phi) is 3.33. The molecule has 1 aromatic rings. The molecule has 2 atom stereocenters. The highest BCUT2D eigenvalue weighted by Crippen LogP contribution is 2.28. The normalized spacial score (nSPS) is 15.1. The highest BCUT2D eigenvalue weighted by atomic mass is 16.3. The van der Waals surface area contributed by atoms with Crippen molar-refractivity contribution in [3.63, 3.8) is 0 Å². The Morgan fingerprint density at radius 2 is 1.93 bits per heavy atom. The van der Waals surface area contributed by atoms with Crippen LogP contribution in [0.4, 0.5) is 0 Å². The van der Waals surface area contributed by atoms with Crippen molar-refractivity contribution < 1.29 is 15.3 Å². The van der Waals surface area contributed by atoms with Gasteiger partial charge in [-0.1, -0.05) is 13.0 Å². The van der Waals surface area contributed by atoms with E-state index in [2.05, 4.69) is 0 Å². The van der Waals surface area contributed by atoms with Gasteiger partial charge in [0.2, 0.25) is 0 Å². The van der Waals surface area contributed by atoms with Crippen molar-refractivity contribution in [2.45, 2.75) is 25.5 Å².